The molecule has 1 unspecified atom stereocenters. The Balaban J connectivity index is 2.43. The molecule has 0 aliphatic carbocycles. The molecule has 0 amide bonds. The highest BCUT2D eigenvalue weighted by atomic mass is 35.5. The minimum atomic E-state index is -0.115. The second-order valence-electron chi connectivity index (χ2n) is 4.65. The molecular weight excluding hydrogens is 260 g/mol. The summed E-state index contributed by atoms with van der Waals surface area (Å²) in [5.41, 5.74) is 7.01. The molecule has 4 nitrogen and oxygen atoms in total. The summed E-state index contributed by atoms with van der Waals surface area (Å²) in [5, 5.41) is 5.20. The summed E-state index contributed by atoms with van der Waals surface area (Å²) >= 11 is 6.18. The quantitative estimate of drug-likeness (QED) is 0.667. The summed E-state index contributed by atoms with van der Waals surface area (Å²) in [5.74, 6) is 5.71. The Labute approximate surface area is 118 Å². The first-order chi connectivity index (χ1) is 9.06. The average Bonchev–Trinajstić information content (AvgIpc) is 2.76. The van der Waals surface area contributed by atoms with E-state index in [9.17, 15) is 0 Å². The summed E-state index contributed by atoms with van der Waals surface area (Å²) in [7, 11) is 1.93. The van der Waals surface area contributed by atoms with Crippen LogP contribution in [0, 0.1) is 6.92 Å². The van der Waals surface area contributed by atoms with Crippen molar-refractivity contribution in [3.8, 4) is 0 Å². The minimum Gasteiger partial charge on any atom is -0.271 e. The van der Waals surface area contributed by atoms with E-state index in [1.54, 1.807) is 0 Å². The second-order valence-corrected chi connectivity index (χ2v) is 5.05. The Bertz CT molecular complexity index is 577. The van der Waals surface area contributed by atoms with Gasteiger partial charge in [-0.25, -0.2) is 5.43 Å². The van der Waals surface area contributed by atoms with Gasteiger partial charge in [0.1, 0.15) is 0 Å². The number of nitrogens with zero attached hydrogens (tertiary/aromatic N) is 2. The van der Waals surface area contributed by atoms with Crippen LogP contribution in [0.2, 0.25) is 5.02 Å². The zero-order chi connectivity index (χ0) is 14.0. The lowest BCUT2D eigenvalue weighted by atomic mass is 10.0. The van der Waals surface area contributed by atoms with E-state index in [2.05, 4.69) is 23.5 Å². The number of aromatic nitrogens is 2. The van der Waals surface area contributed by atoms with Gasteiger partial charge in [0.15, 0.2) is 0 Å². The van der Waals surface area contributed by atoms with Gasteiger partial charge in [-0.2, -0.15) is 5.10 Å². The molecule has 0 bridgehead atoms. The Morgan fingerprint density at radius 2 is 2.16 bits per heavy atom. The Hall–Kier alpha value is -1.36. The predicted octanol–water partition coefficient (Wildman–Crippen LogP) is 2.50. The topological polar surface area (TPSA) is 55.9 Å². The number of hydrazine groups is 1. The second kappa shape index (κ2) is 5.74. The highest BCUT2D eigenvalue weighted by Gasteiger charge is 2.18. The molecular formula is C14H19ClN4. The largest absolute Gasteiger partial charge is 0.271 e. The van der Waals surface area contributed by atoms with E-state index in [1.165, 1.54) is 0 Å². The van der Waals surface area contributed by atoms with Crippen LogP contribution in [0.15, 0.2) is 24.3 Å². The first-order valence-corrected chi connectivity index (χ1v) is 6.69. The maximum Gasteiger partial charge on any atom is 0.0878 e. The number of hydrogen-bond donors (Lipinski definition) is 2. The monoisotopic (exact) mass is 278 g/mol. The molecule has 0 saturated carbocycles. The first-order valence-electron chi connectivity index (χ1n) is 6.31. The van der Waals surface area contributed by atoms with Crippen molar-refractivity contribution in [2.24, 2.45) is 12.9 Å². The van der Waals surface area contributed by atoms with Crippen molar-refractivity contribution in [1.29, 1.82) is 0 Å². The van der Waals surface area contributed by atoms with Crippen LogP contribution in [0.3, 0.4) is 0 Å². The van der Waals surface area contributed by atoms with Crippen molar-refractivity contribution in [3.63, 3.8) is 0 Å². The standard InChI is InChI=1S/C14H19ClN4/c1-4-11-8-13(19(3)18-11)14(17-16)10-6-5-9(2)12(15)7-10/h5-8,14,17H,4,16H2,1-3H3. The van der Waals surface area contributed by atoms with Crippen LogP contribution in [0.4, 0.5) is 0 Å². The van der Waals surface area contributed by atoms with E-state index >= 15 is 0 Å². The van der Waals surface area contributed by atoms with Gasteiger partial charge in [-0.3, -0.25) is 10.5 Å². The van der Waals surface area contributed by atoms with Crippen molar-refractivity contribution in [1.82, 2.24) is 15.2 Å². The lowest BCUT2D eigenvalue weighted by Crippen LogP contribution is -2.30. The number of nitrogens with one attached hydrogen (secondary N) is 1. The minimum absolute atomic E-state index is 0.115. The Kier molecular flexibility index (Phi) is 4.24. The van der Waals surface area contributed by atoms with Crippen molar-refractivity contribution in [2.45, 2.75) is 26.3 Å². The zero-order valence-corrected chi connectivity index (χ0v) is 12.2. The van der Waals surface area contributed by atoms with Crippen LogP contribution in [-0.4, -0.2) is 9.78 Å². The van der Waals surface area contributed by atoms with Gasteiger partial charge in [-0.05, 0) is 36.6 Å². The lowest BCUT2D eigenvalue weighted by Gasteiger charge is -2.17. The third-order valence-electron chi connectivity index (χ3n) is 3.32. The molecule has 0 saturated heterocycles. The molecule has 102 valence electrons. The summed E-state index contributed by atoms with van der Waals surface area (Å²) in [6.45, 7) is 4.07. The number of aryl methyl sites for hydroxylation is 3. The number of nitrogens with two attached hydrogens (primary N) is 1. The maximum absolute atomic E-state index is 6.18. The molecule has 19 heavy (non-hydrogen) atoms. The fraction of sp³-hybridized carbons (Fsp3) is 0.357. The fourth-order valence-corrected chi connectivity index (χ4v) is 2.32. The van der Waals surface area contributed by atoms with E-state index in [4.69, 9.17) is 17.4 Å². The first kappa shape index (κ1) is 14.1. The van der Waals surface area contributed by atoms with Gasteiger partial charge in [0, 0.05) is 12.1 Å². The van der Waals surface area contributed by atoms with Crippen LogP contribution in [0.25, 0.3) is 0 Å². The molecule has 2 rings (SSSR count). The number of benzene rings is 1. The average molecular weight is 279 g/mol. The van der Waals surface area contributed by atoms with Gasteiger partial charge in [0.25, 0.3) is 0 Å². The van der Waals surface area contributed by atoms with Gasteiger partial charge in [0.05, 0.1) is 17.4 Å². The van der Waals surface area contributed by atoms with Crippen LogP contribution in [-0.2, 0) is 13.5 Å². The molecule has 0 radical (unpaired) electrons. The van der Waals surface area contributed by atoms with Gasteiger partial charge >= 0.3 is 0 Å². The number of halogens is 1. The zero-order valence-electron chi connectivity index (χ0n) is 11.4. The van der Waals surface area contributed by atoms with Crippen molar-refractivity contribution in [3.05, 3.63) is 51.8 Å². The predicted molar refractivity (Wildman–Crippen MR) is 77.9 cm³/mol. The van der Waals surface area contributed by atoms with E-state index < -0.39 is 0 Å². The van der Waals surface area contributed by atoms with E-state index in [0.29, 0.717) is 0 Å². The molecule has 5 heteroatoms. The maximum atomic E-state index is 6.18. The van der Waals surface area contributed by atoms with E-state index in [-0.39, 0.29) is 6.04 Å². The Morgan fingerprint density at radius 3 is 2.68 bits per heavy atom. The van der Waals surface area contributed by atoms with Crippen molar-refractivity contribution >= 4 is 11.6 Å². The molecule has 2 aromatic rings. The third-order valence-corrected chi connectivity index (χ3v) is 3.73. The van der Waals surface area contributed by atoms with Crippen molar-refractivity contribution in [2.75, 3.05) is 0 Å². The van der Waals surface area contributed by atoms with E-state index in [0.717, 1.165) is 34.0 Å². The van der Waals surface area contributed by atoms with Gasteiger partial charge < -0.3 is 0 Å². The van der Waals surface area contributed by atoms with Crippen molar-refractivity contribution < 1.29 is 0 Å². The molecule has 0 spiro atoms. The number of rotatable bonds is 4. The molecule has 1 atom stereocenters. The summed E-state index contributed by atoms with van der Waals surface area (Å²) in [6.07, 6.45) is 0.903. The molecule has 1 heterocycles. The van der Waals surface area contributed by atoms with Crippen LogP contribution >= 0.6 is 11.6 Å². The fourth-order valence-electron chi connectivity index (χ4n) is 2.13. The van der Waals surface area contributed by atoms with Crippen LogP contribution in [0.1, 0.15) is 35.5 Å². The third kappa shape index (κ3) is 2.81. The molecule has 1 aromatic carbocycles. The van der Waals surface area contributed by atoms with Gasteiger partial charge in [-0.1, -0.05) is 30.7 Å². The molecule has 3 N–H and O–H groups in total. The highest BCUT2D eigenvalue weighted by Crippen LogP contribution is 2.26. The normalized spacial score (nSPS) is 12.7. The molecule has 0 fully saturated rings. The molecule has 0 aliphatic heterocycles. The van der Waals surface area contributed by atoms with Gasteiger partial charge in [0.2, 0.25) is 0 Å². The number of hydrogen-bond acceptors (Lipinski definition) is 3. The van der Waals surface area contributed by atoms with E-state index in [1.807, 2.05) is 36.9 Å². The highest BCUT2D eigenvalue weighted by molar-refractivity contribution is 6.31. The smallest absolute Gasteiger partial charge is 0.0878 e. The molecule has 1 aromatic heterocycles. The summed E-state index contributed by atoms with van der Waals surface area (Å²) in [4.78, 5) is 0. The molecule has 0 aliphatic rings. The SMILES string of the molecule is CCc1cc(C(NN)c2ccc(C)c(Cl)c2)n(C)n1. The van der Waals surface area contributed by atoms with Crippen LogP contribution < -0.4 is 11.3 Å². The summed E-state index contributed by atoms with van der Waals surface area (Å²) in [6, 6.07) is 7.93. The van der Waals surface area contributed by atoms with Crippen LogP contribution in [0.5, 0.6) is 0 Å². The summed E-state index contributed by atoms with van der Waals surface area (Å²) < 4.78 is 1.86. The Morgan fingerprint density at radius 1 is 1.42 bits per heavy atom. The lowest BCUT2D eigenvalue weighted by molar-refractivity contribution is 0.573. The van der Waals surface area contributed by atoms with Gasteiger partial charge in [-0.15, -0.1) is 0 Å².